The highest BCUT2D eigenvalue weighted by Gasteiger charge is 2.36. The smallest absolute Gasteiger partial charge is 0.0560 e. The van der Waals surface area contributed by atoms with Gasteiger partial charge in [-0.25, -0.2) is 0 Å². The van der Waals surface area contributed by atoms with Gasteiger partial charge in [-0.2, -0.15) is 0 Å². The fourth-order valence-corrected chi connectivity index (χ4v) is 10.1. The molecule has 0 saturated heterocycles. The Morgan fingerprint density at radius 3 is 1.56 bits per heavy atom. The summed E-state index contributed by atoms with van der Waals surface area (Å²) in [6, 6.07) is 75.8. The van der Waals surface area contributed by atoms with Crippen molar-refractivity contribution >= 4 is 33.5 Å². The lowest BCUT2D eigenvalue weighted by atomic mass is 9.81. The van der Waals surface area contributed by atoms with Crippen LogP contribution < -0.4 is 10.2 Å². The zero-order chi connectivity index (χ0) is 48.7. The van der Waals surface area contributed by atoms with E-state index >= 15 is 0 Å². The molecule has 0 radical (unpaired) electrons. The van der Waals surface area contributed by atoms with Crippen LogP contribution in [0.2, 0.25) is 0 Å². The number of allylic oxidation sites excluding steroid dienone is 7. The van der Waals surface area contributed by atoms with Crippen molar-refractivity contribution in [2.45, 2.75) is 45.6 Å². The highest BCUT2D eigenvalue weighted by Crippen LogP contribution is 2.51. The zero-order valence-corrected chi connectivity index (χ0v) is 41.2. The lowest BCUT2D eigenvalue weighted by Gasteiger charge is -2.34. The van der Waals surface area contributed by atoms with E-state index in [1.54, 1.807) is 6.08 Å². The molecule has 346 valence electrons. The van der Waals surface area contributed by atoms with Gasteiger partial charge in [-0.05, 0) is 147 Å². The molecule has 0 saturated carbocycles. The summed E-state index contributed by atoms with van der Waals surface area (Å²) in [4.78, 5) is 2.52. The molecule has 2 heteroatoms. The third kappa shape index (κ3) is 9.89. The van der Waals surface area contributed by atoms with Crippen LogP contribution in [0.4, 0.5) is 22.7 Å². The van der Waals surface area contributed by atoms with Crippen molar-refractivity contribution in [3.05, 3.63) is 278 Å². The Bertz CT molecular complexity index is 3430. The van der Waals surface area contributed by atoms with E-state index in [1.165, 1.54) is 94.5 Å². The summed E-state index contributed by atoms with van der Waals surface area (Å²) in [5.74, 6) is 0. The van der Waals surface area contributed by atoms with Crippen LogP contribution in [0.5, 0.6) is 0 Å². The summed E-state index contributed by atoms with van der Waals surface area (Å²) in [7, 11) is 0. The van der Waals surface area contributed by atoms with Crippen molar-refractivity contribution in [1.29, 1.82) is 0 Å². The first-order chi connectivity index (χ1) is 34.8. The molecule has 1 unspecified atom stereocenters. The van der Waals surface area contributed by atoms with E-state index in [-0.39, 0.29) is 11.5 Å². The number of benzene rings is 9. The summed E-state index contributed by atoms with van der Waals surface area (Å²) in [6.45, 7) is 12.4. The topological polar surface area (TPSA) is 15.3 Å². The molecular formula is C69H60N2. The predicted molar refractivity (Wildman–Crippen MR) is 307 cm³/mol. The highest BCUT2D eigenvalue weighted by atomic mass is 15.2. The van der Waals surface area contributed by atoms with Gasteiger partial charge in [-0.3, -0.25) is 0 Å². The molecule has 9 aromatic carbocycles. The summed E-state index contributed by atoms with van der Waals surface area (Å²) >= 11 is 0. The Morgan fingerprint density at radius 2 is 1.01 bits per heavy atom. The van der Waals surface area contributed by atoms with Gasteiger partial charge in [0.05, 0.1) is 6.04 Å². The van der Waals surface area contributed by atoms with E-state index in [0.717, 1.165) is 17.8 Å². The van der Waals surface area contributed by atoms with Crippen LogP contribution in [-0.2, 0) is 5.41 Å². The van der Waals surface area contributed by atoms with Gasteiger partial charge in [-0.15, -0.1) is 0 Å². The van der Waals surface area contributed by atoms with Gasteiger partial charge < -0.3 is 10.2 Å². The van der Waals surface area contributed by atoms with Crippen molar-refractivity contribution in [3.63, 3.8) is 0 Å². The van der Waals surface area contributed by atoms with E-state index in [4.69, 9.17) is 0 Å². The first-order valence-electron chi connectivity index (χ1n) is 24.8. The van der Waals surface area contributed by atoms with E-state index < -0.39 is 0 Å². The molecule has 2 aliphatic carbocycles. The summed E-state index contributed by atoms with van der Waals surface area (Å²) in [6.07, 6.45) is 17.5. The van der Waals surface area contributed by atoms with Gasteiger partial charge in [0.2, 0.25) is 0 Å². The first-order valence-corrected chi connectivity index (χ1v) is 24.8. The number of nitrogens with zero attached hydrogens (tertiary/aromatic N) is 1. The molecule has 0 spiro atoms. The van der Waals surface area contributed by atoms with Gasteiger partial charge in [0, 0.05) is 33.6 Å². The van der Waals surface area contributed by atoms with Gasteiger partial charge in [0.25, 0.3) is 0 Å². The molecule has 2 nitrogen and oxygen atoms in total. The third-order valence-electron chi connectivity index (χ3n) is 14.0. The predicted octanol–water partition coefficient (Wildman–Crippen LogP) is 19.3. The van der Waals surface area contributed by atoms with Crippen molar-refractivity contribution in [3.8, 4) is 55.6 Å². The van der Waals surface area contributed by atoms with E-state index in [9.17, 15) is 0 Å². The van der Waals surface area contributed by atoms with Crippen LogP contribution in [0.1, 0.15) is 45.2 Å². The maximum Gasteiger partial charge on any atom is 0.0560 e. The number of fused-ring (bicyclic) bond motifs is 4. The highest BCUT2D eigenvalue weighted by molar-refractivity contribution is 5.97. The van der Waals surface area contributed by atoms with Crippen LogP contribution in [0, 0.1) is 0 Å². The molecular weight excluding hydrogens is 857 g/mol. The van der Waals surface area contributed by atoms with Crippen molar-refractivity contribution < 1.29 is 0 Å². The van der Waals surface area contributed by atoms with Crippen molar-refractivity contribution in [2.75, 3.05) is 10.2 Å². The summed E-state index contributed by atoms with van der Waals surface area (Å²) in [5, 5.41) is 6.14. The molecule has 2 aliphatic rings. The standard InChI is InChI=1S/C62H50N2.C7H10/c1-42-16-34-54(35-17-42)64(61-15-9-13-49-12-7-8-14-56(49)61)55-36-26-48(27-37-55)51-29-39-58-57-38-28-50(40-59(57)62(2,3)60(58)41-51)47-24-32-53(33-25-47)63-52-30-22-46(23-31-52)45-20-18-44(19-21-45)43-10-5-4-6-11-43;1-3-5-7-6-4-2/h4-34,36-41,54,63H,35H2,1-3H3;3-7H,1H2,2H3/b;6-4-,7-5-. The summed E-state index contributed by atoms with van der Waals surface area (Å²) in [5.41, 5.74) is 21.0. The first kappa shape index (κ1) is 46.3. The Balaban J connectivity index is 0.000000776. The Morgan fingerprint density at radius 1 is 0.521 bits per heavy atom. The molecule has 71 heavy (non-hydrogen) atoms. The largest absolute Gasteiger partial charge is 0.356 e. The second kappa shape index (κ2) is 20.6. The normalized spacial score (nSPS) is 14.4. The SMILES string of the molecule is C=C/C=C\C=C/C.CC1=CCC(N(c2ccc(-c3ccc4c(c3)C(C)(C)c3cc(-c5ccc(Nc6ccc(-c7ccc(-c8ccccc8)cc7)cc6)cc5)ccc3-4)cc2)c2cccc3ccccc23)C=C1. The zero-order valence-electron chi connectivity index (χ0n) is 41.2. The monoisotopic (exact) mass is 916 g/mol. The van der Waals surface area contributed by atoms with Crippen LogP contribution in [0.25, 0.3) is 66.4 Å². The van der Waals surface area contributed by atoms with Crippen LogP contribution >= 0.6 is 0 Å². The average molecular weight is 917 g/mol. The minimum atomic E-state index is -0.141. The van der Waals surface area contributed by atoms with Crippen LogP contribution in [0.15, 0.2) is 267 Å². The van der Waals surface area contributed by atoms with Gasteiger partial charge >= 0.3 is 0 Å². The molecule has 0 fully saturated rings. The maximum absolute atomic E-state index is 3.61. The third-order valence-corrected chi connectivity index (χ3v) is 14.0. The maximum atomic E-state index is 3.61. The van der Waals surface area contributed by atoms with E-state index in [2.05, 4.69) is 262 Å². The molecule has 0 aliphatic heterocycles. The molecule has 0 amide bonds. The molecule has 11 rings (SSSR count). The number of hydrogen-bond acceptors (Lipinski definition) is 2. The second-order valence-electron chi connectivity index (χ2n) is 19.0. The minimum absolute atomic E-state index is 0.141. The lowest BCUT2D eigenvalue weighted by molar-refractivity contribution is 0.661. The van der Waals surface area contributed by atoms with Crippen LogP contribution in [0.3, 0.4) is 0 Å². The molecule has 1 N–H and O–H groups in total. The molecule has 0 bridgehead atoms. The Hall–Kier alpha value is -8.46. The molecule has 9 aromatic rings. The number of anilines is 4. The number of rotatable bonds is 11. The Labute approximate surface area is 421 Å². The lowest BCUT2D eigenvalue weighted by Crippen LogP contribution is -2.30. The van der Waals surface area contributed by atoms with E-state index in [1.807, 2.05) is 31.2 Å². The van der Waals surface area contributed by atoms with Gasteiger partial charge in [0.15, 0.2) is 0 Å². The van der Waals surface area contributed by atoms with Gasteiger partial charge in [0.1, 0.15) is 0 Å². The Kier molecular flexibility index (Phi) is 13.5. The molecule has 1 atom stereocenters. The average Bonchev–Trinajstić information content (AvgIpc) is 3.65. The molecule has 0 heterocycles. The van der Waals surface area contributed by atoms with Gasteiger partial charge in [-0.1, -0.05) is 226 Å². The summed E-state index contributed by atoms with van der Waals surface area (Å²) < 4.78 is 0. The fraction of sp³-hybridized carbons (Fsp3) is 0.101. The fourth-order valence-electron chi connectivity index (χ4n) is 10.1. The second-order valence-corrected chi connectivity index (χ2v) is 19.0. The van der Waals surface area contributed by atoms with Crippen LogP contribution in [-0.4, -0.2) is 6.04 Å². The number of nitrogens with one attached hydrogen (secondary N) is 1. The van der Waals surface area contributed by atoms with E-state index in [0.29, 0.717) is 0 Å². The number of hydrogen-bond donors (Lipinski definition) is 1. The minimum Gasteiger partial charge on any atom is -0.356 e. The molecule has 0 aromatic heterocycles. The quantitative estimate of drug-likeness (QED) is 0.130. The van der Waals surface area contributed by atoms with Crippen molar-refractivity contribution in [2.24, 2.45) is 0 Å². The van der Waals surface area contributed by atoms with Crippen molar-refractivity contribution in [1.82, 2.24) is 0 Å².